The van der Waals surface area contributed by atoms with E-state index in [1.165, 1.54) is 12.1 Å². The number of piperidine rings is 1. The molecular weight excluding hydrogens is 429 g/mol. The summed E-state index contributed by atoms with van der Waals surface area (Å²) in [6.45, 7) is 1.28. The van der Waals surface area contributed by atoms with Crippen LogP contribution in [0.2, 0.25) is 0 Å². The minimum absolute atomic E-state index is 0.00736. The smallest absolute Gasteiger partial charge is 0.253 e. The molecule has 0 N–H and O–H groups in total. The number of benzene rings is 2. The van der Waals surface area contributed by atoms with Crippen LogP contribution in [0.3, 0.4) is 0 Å². The normalized spacial score (nSPS) is 15.9. The molecule has 5 rings (SSSR count). The summed E-state index contributed by atoms with van der Waals surface area (Å²) in [5.74, 6) is 1.13. The van der Waals surface area contributed by atoms with E-state index in [1.54, 1.807) is 24.5 Å². The molecule has 0 radical (unpaired) electrons. The van der Waals surface area contributed by atoms with Crippen molar-refractivity contribution in [3.63, 3.8) is 0 Å². The number of likely N-dealkylation sites (tertiary alicyclic amines) is 1. The summed E-state index contributed by atoms with van der Waals surface area (Å²) in [5.41, 5.74) is 3.53. The molecule has 2 aromatic carbocycles. The van der Waals surface area contributed by atoms with Crippen molar-refractivity contribution < 1.29 is 13.6 Å². The quantitative estimate of drug-likeness (QED) is 0.390. The van der Waals surface area contributed by atoms with Gasteiger partial charge in [0.1, 0.15) is 11.6 Å². The van der Waals surface area contributed by atoms with Gasteiger partial charge in [-0.2, -0.15) is 0 Å². The van der Waals surface area contributed by atoms with Crippen molar-refractivity contribution in [2.24, 2.45) is 0 Å². The zero-order chi connectivity index (χ0) is 23.3. The zero-order valence-corrected chi connectivity index (χ0v) is 18.9. The first-order valence-electron chi connectivity index (χ1n) is 11.6. The van der Waals surface area contributed by atoms with Gasteiger partial charge in [-0.3, -0.25) is 9.78 Å². The Bertz CT molecular complexity index is 1270. The summed E-state index contributed by atoms with van der Waals surface area (Å²) >= 11 is 0. The second kappa shape index (κ2) is 10.00. The maximum atomic E-state index is 13.5. The number of carbonyl (C=O) groups excluding carboxylic acids is 1. The van der Waals surface area contributed by atoms with Gasteiger partial charge in [-0.25, -0.2) is 9.37 Å². The molecule has 0 saturated carbocycles. The van der Waals surface area contributed by atoms with Gasteiger partial charge >= 0.3 is 0 Å². The van der Waals surface area contributed by atoms with Crippen LogP contribution in [0.1, 0.15) is 57.6 Å². The number of pyridine rings is 1. The molecule has 34 heavy (non-hydrogen) atoms. The van der Waals surface area contributed by atoms with E-state index in [0.717, 1.165) is 29.7 Å². The standard InChI is InChI=1S/C28H26FN3O2/c29-24-10-4-8-21(14-24)16-26-18-31-27(34-26)23-9-5-13-32(19-23)28(33)22-11-12-30-25(17-22)15-20-6-2-1-3-7-20/h1-4,6-8,10-12,14,17-18,23H,5,9,13,15-16,19H2. The van der Waals surface area contributed by atoms with E-state index in [-0.39, 0.29) is 17.6 Å². The fourth-order valence-corrected chi connectivity index (χ4v) is 4.50. The number of hydrogen-bond donors (Lipinski definition) is 0. The predicted molar refractivity (Wildman–Crippen MR) is 127 cm³/mol. The molecule has 0 spiro atoms. The molecule has 1 amide bonds. The molecule has 0 bridgehead atoms. The number of hydrogen-bond acceptors (Lipinski definition) is 4. The highest BCUT2D eigenvalue weighted by Gasteiger charge is 2.28. The Morgan fingerprint density at radius 2 is 1.85 bits per heavy atom. The minimum Gasteiger partial charge on any atom is -0.445 e. The molecule has 2 aromatic heterocycles. The van der Waals surface area contributed by atoms with Gasteiger partial charge in [0, 0.05) is 43.4 Å². The molecular formula is C28H26FN3O2. The molecule has 172 valence electrons. The number of halogens is 1. The third-order valence-electron chi connectivity index (χ3n) is 6.19. The lowest BCUT2D eigenvalue weighted by Crippen LogP contribution is -2.39. The Morgan fingerprint density at radius 1 is 1.00 bits per heavy atom. The Kier molecular flexibility index (Phi) is 6.47. The summed E-state index contributed by atoms with van der Waals surface area (Å²) in [6.07, 6.45) is 6.40. The third kappa shape index (κ3) is 5.22. The maximum Gasteiger partial charge on any atom is 0.253 e. The van der Waals surface area contributed by atoms with Gasteiger partial charge in [-0.15, -0.1) is 0 Å². The van der Waals surface area contributed by atoms with Crippen LogP contribution in [-0.2, 0) is 12.8 Å². The van der Waals surface area contributed by atoms with E-state index in [0.29, 0.717) is 43.1 Å². The third-order valence-corrected chi connectivity index (χ3v) is 6.19. The first-order chi connectivity index (χ1) is 16.6. The van der Waals surface area contributed by atoms with Crippen molar-refractivity contribution in [3.8, 4) is 0 Å². The molecule has 1 unspecified atom stereocenters. The summed E-state index contributed by atoms with van der Waals surface area (Å²) in [7, 11) is 0. The average molecular weight is 456 g/mol. The monoisotopic (exact) mass is 455 g/mol. The molecule has 4 aromatic rings. The number of rotatable bonds is 6. The van der Waals surface area contributed by atoms with Crippen LogP contribution in [0.15, 0.2) is 83.5 Å². The molecule has 1 atom stereocenters. The number of amides is 1. The molecule has 3 heterocycles. The van der Waals surface area contributed by atoms with Gasteiger partial charge in [-0.05, 0) is 48.2 Å². The van der Waals surface area contributed by atoms with Crippen LogP contribution in [0, 0.1) is 5.82 Å². The number of aromatic nitrogens is 2. The SMILES string of the molecule is O=C(c1ccnc(Cc2ccccc2)c1)N1CCCC(c2ncc(Cc3cccc(F)c3)o2)C1. The first kappa shape index (κ1) is 22.0. The molecule has 1 aliphatic rings. The van der Waals surface area contributed by atoms with Gasteiger partial charge in [0.15, 0.2) is 5.89 Å². The molecule has 1 saturated heterocycles. The molecule has 1 aliphatic heterocycles. The lowest BCUT2D eigenvalue weighted by molar-refractivity contribution is 0.0697. The van der Waals surface area contributed by atoms with Gasteiger partial charge in [0.25, 0.3) is 5.91 Å². The number of nitrogens with zero attached hydrogens (tertiary/aromatic N) is 3. The van der Waals surface area contributed by atoms with E-state index >= 15 is 0 Å². The summed E-state index contributed by atoms with van der Waals surface area (Å²) in [5, 5.41) is 0. The van der Waals surface area contributed by atoms with E-state index in [1.807, 2.05) is 35.2 Å². The number of oxazole rings is 1. The van der Waals surface area contributed by atoms with Crippen molar-refractivity contribution in [1.82, 2.24) is 14.9 Å². The summed E-state index contributed by atoms with van der Waals surface area (Å²) < 4.78 is 19.5. The van der Waals surface area contributed by atoms with Gasteiger partial charge in [0.05, 0.1) is 12.1 Å². The number of carbonyl (C=O) groups is 1. The highest BCUT2D eigenvalue weighted by atomic mass is 19.1. The molecule has 1 fully saturated rings. The molecule has 5 nitrogen and oxygen atoms in total. The highest BCUT2D eigenvalue weighted by molar-refractivity contribution is 5.94. The second-order valence-electron chi connectivity index (χ2n) is 8.76. The van der Waals surface area contributed by atoms with Crippen molar-refractivity contribution in [1.29, 1.82) is 0 Å². The van der Waals surface area contributed by atoms with Crippen LogP contribution >= 0.6 is 0 Å². The van der Waals surface area contributed by atoms with Gasteiger partial charge < -0.3 is 9.32 Å². The van der Waals surface area contributed by atoms with E-state index in [2.05, 4.69) is 22.1 Å². The van der Waals surface area contributed by atoms with E-state index < -0.39 is 0 Å². The van der Waals surface area contributed by atoms with E-state index in [4.69, 9.17) is 4.42 Å². The van der Waals surface area contributed by atoms with Crippen LogP contribution < -0.4 is 0 Å². The largest absolute Gasteiger partial charge is 0.445 e. The first-order valence-corrected chi connectivity index (χ1v) is 11.6. The van der Waals surface area contributed by atoms with Crippen molar-refractivity contribution in [2.45, 2.75) is 31.6 Å². The van der Waals surface area contributed by atoms with Crippen molar-refractivity contribution >= 4 is 5.91 Å². The summed E-state index contributed by atoms with van der Waals surface area (Å²) in [6, 6.07) is 20.3. The minimum atomic E-state index is -0.262. The summed E-state index contributed by atoms with van der Waals surface area (Å²) in [4.78, 5) is 24.1. The predicted octanol–water partition coefficient (Wildman–Crippen LogP) is 5.41. The molecule has 0 aliphatic carbocycles. The van der Waals surface area contributed by atoms with Crippen LogP contribution in [-0.4, -0.2) is 33.9 Å². The lowest BCUT2D eigenvalue weighted by Gasteiger charge is -2.31. The van der Waals surface area contributed by atoms with Crippen LogP contribution in [0.25, 0.3) is 0 Å². The lowest BCUT2D eigenvalue weighted by atomic mass is 9.97. The van der Waals surface area contributed by atoms with Gasteiger partial charge in [0.2, 0.25) is 0 Å². The fraction of sp³-hybridized carbons (Fsp3) is 0.250. The zero-order valence-electron chi connectivity index (χ0n) is 18.9. The Hall–Kier alpha value is -3.80. The topological polar surface area (TPSA) is 59.2 Å². The molecule has 6 heteroatoms. The second-order valence-corrected chi connectivity index (χ2v) is 8.76. The van der Waals surface area contributed by atoms with Crippen molar-refractivity contribution in [2.75, 3.05) is 13.1 Å². The highest BCUT2D eigenvalue weighted by Crippen LogP contribution is 2.28. The van der Waals surface area contributed by atoms with Crippen molar-refractivity contribution in [3.05, 3.63) is 119 Å². The Morgan fingerprint density at radius 3 is 2.71 bits per heavy atom. The maximum absolute atomic E-state index is 13.5. The fourth-order valence-electron chi connectivity index (χ4n) is 4.50. The van der Waals surface area contributed by atoms with Gasteiger partial charge in [-0.1, -0.05) is 42.5 Å². The average Bonchev–Trinajstić information content (AvgIpc) is 3.33. The van der Waals surface area contributed by atoms with E-state index in [9.17, 15) is 9.18 Å². The Balaban J connectivity index is 1.25. The Labute approximate surface area is 198 Å². The van der Waals surface area contributed by atoms with Crippen LogP contribution in [0.5, 0.6) is 0 Å². The van der Waals surface area contributed by atoms with Crippen LogP contribution in [0.4, 0.5) is 4.39 Å².